The molecule has 1 aliphatic carbocycles. The summed E-state index contributed by atoms with van der Waals surface area (Å²) in [6.45, 7) is 4.26. The first-order chi connectivity index (χ1) is 7.25. The van der Waals surface area contributed by atoms with Crippen molar-refractivity contribution in [2.45, 2.75) is 26.7 Å². The summed E-state index contributed by atoms with van der Waals surface area (Å²) in [6.07, 6.45) is 4.52. The lowest BCUT2D eigenvalue weighted by molar-refractivity contribution is 0.590. The van der Waals surface area contributed by atoms with Crippen molar-refractivity contribution in [1.29, 1.82) is 0 Å². The third-order valence-electron chi connectivity index (χ3n) is 3.15. The molecule has 2 aromatic rings. The Morgan fingerprint density at radius 2 is 2.07 bits per heavy atom. The van der Waals surface area contributed by atoms with Crippen molar-refractivity contribution in [2.75, 3.05) is 0 Å². The summed E-state index contributed by atoms with van der Waals surface area (Å²) < 4.78 is 5.89. The van der Waals surface area contributed by atoms with Crippen LogP contribution >= 0.6 is 0 Å². The molecule has 1 aliphatic rings. The highest BCUT2D eigenvalue weighted by Crippen LogP contribution is 2.35. The minimum Gasteiger partial charge on any atom is -0.456 e. The molecule has 1 aromatic heterocycles. The van der Waals surface area contributed by atoms with Gasteiger partial charge in [-0.2, -0.15) is 0 Å². The largest absolute Gasteiger partial charge is 0.456 e. The standard InChI is InChI=1S/C14H14O/c1-9-6-7-13-12(8-9)11-5-3-4-10(2)14(11)15-13/h4,6-8H,3,5H2,1-2H3. The van der Waals surface area contributed by atoms with E-state index < -0.39 is 0 Å². The third-order valence-corrected chi connectivity index (χ3v) is 3.15. The SMILES string of the molecule is CC1=CCCc2c1oc1ccc(C)cc21. The summed E-state index contributed by atoms with van der Waals surface area (Å²) in [5, 5.41) is 1.30. The maximum atomic E-state index is 5.89. The van der Waals surface area contributed by atoms with Gasteiger partial charge < -0.3 is 4.42 Å². The van der Waals surface area contributed by atoms with Crippen LogP contribution in [0.1, 0.15) is 30.2 Å². The van der Waals surface area contributed by atoms with E-state index in [1.807, 2.05) is 0 Å². The Bertz CT molecular complexity index is 558. The molecular formula is C14H14O. The van der Waals surface area contributed by atoms with E-state index in [1.165, 1.54) is 22.1 Å². The highest BCUT2D eigenvalue weighted by atomic mass is 16.3. The fourth-order valence-electron chi connectivity index (χ4n) is 2.35. The Morgan fingerprint density at radius 3 is 2.93 bits per heavy atom. The number of rotatable bonds is 0. The molecule has 76 valence electrons. The van der Waals surface area contributed by atoms with Crippen LogP contribution in [0.15, 0.2) is 28.7 Å². The number of allylic oxidation sites excluding steroid dienone is 2. The normalized spacial score (nSPS) is 15.2. The number of hydrogen-bond acceptors (Lipinski definition) is 1. The van der Waals surface area contributed by atoms with Crippen LogP contribution in [-0.4, -0.2) is 0 Å². The summed E-state index contributed by atoms with van der Waals surface area (Å²) in [6, 6.07) is 6.42. The minimum absolute atomic E-state index is 1.03. The Balaban J connectivity index is 2.38. The van der Waals surface area contributed by atoms with Gasteiger partial charge in [0.15, 0.2) is 0 Å². The number of benzene rings is 1. The molecule has 0 fully saturated rings. The predicted molar refractivity (Wildman–Crippen MR) is 62.9 cm³/mol. The molecule has 0 saturated carbocycles. The minimum atomic E-state index is 1.03. The summed E-state index contributed by atoms with van der Waals surface area (Å²) in [7, 11) is 0. The molecule has 0 spiro atoms. The van der Waals surface area contributed by atoms with Crippen LogP contribution in [0.3, 0.4) is 0 Å². The van der Waals surface area contributed by atoms with Crippen molar-refractivity contribution in [2.24, 2.45) is 0 Å². The van der Waals surface area contributed by atoms with Gasteiger partial charge in [-0.15, -0.1) is 0 Å². The van der Waals surface area contributed by atoms with Crippen LogP contribution in [0.2, 0.25) is 0 Å². The second-order valence-corrected chi connectivity index (χ2v) is 4.34. The summed E-state index contributed by atoms with van der Waals surface area (Å²) in [4.78, 5) is 0. The van der Waals surface area contributed by atoms with Gasteiger partial charge in [0, 0.05) is 10.9 Å². The number of aryl methyl sites for hydroxylation is 2. The van der Waals surface area contributed by atoms with Crippen LogP contribution < -0.4 is 0 Å². The van der Waals surface area contributed by atoms with E-state index in [2.05, 4.69) is 38.1 Å². The highest BCUT2D eigenvalue weighted by Gasteiger charge is 2.17. The molecule has 0 aliphatic heterocycles. The van der Waals surface area contributed by atoms with Gasteiger partial charge in [-0.25, -0.2) is 0 Å². The van der Waals surface area contributed by atoms with Gasteiger partial charge in [0.1, 0.15) is 11.3 Å². The van der Waals surface area contributed by atoms with Crippen molar-refractivity contribution in [3.8, 4) is 0 Å². The quantitative estimate of drug-likeness (QED) is 0.621. The van der Waals surface area contributed by atoms with E-state index in [1.54, 1.807) is 0 Å². The predicted octanol–water partition coefficient (Wildman–Crippen LogP) is 4.09. The average molecular weight is 198 g/mol. The van der Waals surface area contributed by atoms with Crippen molar-refractivity contribution in [3.63, 3.8) is 0 Å². The van der Waals surface area contributed by atoms with Gasteiger partial charge in [-0.3, -0.25) is 0 Å². The van der Waals surface area contributed by atoms with Gasteiger partial charge in [-0.1, -0.05) is 17.7 Å². The molecule has 0 saturated heterocycles. The summed E-state index contributed by atoms with van der Waals surface area (Å²) >= 11 is 0. The van der Waals surface area contributed by atoms with Crippen LogP contribution in [0.25, 0.3) is 16.5 Å². The van der Waals surface area contributed by atoms with Crippen molar-refractivity contribution in [1.82, 2.24) is 0 Å². The topological polar surface area (TPSA) is 13.1 Å². The van der Waals surface area contributed by atoms with E-state index in [0.29, 0.717) is 0 Å². The van der Waals surface area contributed by atoms with Crippen molar-refractivity contribution >= 4 is 16.5 Å². The van der Waals surface area contributed by atoms with E-state index in [0.717, 1.165) is 24.2 Å². The van der Waals surface area contributed by atoms with Gasteiger partial charge in [-0.05, 0) is 44.4 Å². The molecular weight excluding hydrogens is 184 g/mol. The molecule has 1 nitrogen and oxygen atoms in total. The Hall–Kier alpha value is -1.50. The van der Waals surface area contributed by atoms with E-state index in [4.69, 9.17) is 4.42 Å². The van der Waals surface area contributed by atoms with E-state index >= 15 is 0 Å². The Morgan fingerprint density at radius 1 is 1.20 bits per heavy atom. The van der Waals surface area contributed by atoms with Gasteiger partial charge in [0.2, 0.25) is 0 Å². The lowest BCUT2D eigenvalue weighted by Crippen LogP contribution is -1.93. The van der Waals surface area contributed by atoms with E-state index in [9.17, 15) is 0 Å². The monoisotopic (exact) mass is 198 g/mol. The number of hydrogen-bond donors (Lipinski definition) is 0. The first kappa shape index (κ1) is 8.78. The fraction of sp³-hybridized carbons (Fsp3) is 0.286. The molecule has 1 heteroatoms. The molecule has 1 aromatic carbocycles. The van der Waals surface area contributed by atoms with Gasteiger partial charge in [0.25, 0.3) is 0 Å². The summed E-state index contributed by atoms with van der Waals surface area (Å²) in [5.41, 5.74) is 5.01. The van der Waals surface area contributed by atoms with Crippen molar-refractivity contribution in [3.05, 3.63) is 41.2 Å². The smallest absolute Gasteiger partial charge is 0.135 e. The van der Waals surface area contributed by atoms with Crippen LogP contribution in [-0.2, 0) is 6.42 Å². The zero-order chi connectivity index (χ0) is 10.4. The molecule has 0 unspecified atom stereocenters. The molecule has 0 atom stereocenters. The first-order valence-corrected chi connectivity index (χ1v) is 5.45. The summed E-state index contributed by atoms with van der Waals surface area (Å²) in [5.74, 6) is 1.10. The Kier molecular flexibility index (Phi) is 1.75. The molecule has 0 radical (unpaired) electrons. The fourth-order valence-corrected chi connectivity index (χ4v) is 2.35. The average Bonchev–Trinajstić information content (AvgIpc) is 2.58. The van der Waals surface area contributed by atoms with Crippen molar-refractivity contribution < 1.29 is 4.42 Å². The molecule has 0 bridgehead atoms. The number of furan rings is 1. The molecule has 15 heavy (non-hydrogen) atoms. The molecule has 3 rings (SSSR count). The maximum Gasteiger partial charge on any atom is 0.135 e. The van der Waals surface area contributed by atoms with Crippen LogP contribution in [0.4, 0.5) is 0 Å². The van der Waals surface area contributed by atoms with Crippen LogP contribution in [0, 0.1) is 6.92 Å². The van der Waals surface area contributed by atoms with Crippen LogP contribution in [0.5, 0.6) is 0 Å². The molecule has 0 N–H and O–H groups in total. The first-order valence-electron chi connectivity index (χ1n) is 5.45. The lowest BCUT2D eigenvalue weighted by Gasteiger charge is -2.07. The zero-order valence-electron chi connectivity index (χ0n) is 9.13. The molecule has 1 heterocycles. The Labute approximate surface area is 89.4 Å². The second-order valence-electron chi connectivity index (χ2n) is 4.34. The maximum absolute atomic E-state index is 5.89. The number of fused-ring (bicyclic) bond motifs is 3. The lowest BCUT2D eigenvalue weighted by atomic mass is 9.96. The van der Waals surface area contributed by atoms with E-state index in [-0.39, 0.29) is 0 Å². The zero-order valence-corrected chi connectivity index (χ0v) is 9.13. The second kappa shape index (κ2) is 2.99. The molecule has 0 amide bonds. The highest BCUT2D eigenvalue weighted by molar-refractivity contribution is 5.87. The third kappa shape index (κ3) is 1.23. The van der Waals surface area contributed by atoms with Gasteiger partial charge >= 0.3 is 0 Å². The van der Waals surface area contributed by atoms with Gasteiger partial charge in [0.05, 0.1) is 0 Å².